The van der Waals surface area contributed by atoms with E-state index in [1.807, 2.05) is 0 Å². The minimum absolute atomic E-state index is 0.182. The van der Waals surface area contributed by atoms with Gasteiger partial charge in [-0.05, 0) is 55.6 Å². The Morgan fingerprint density at radius 3 is 2.56 bits per heavy atom. The third-order valence-electron chi connectivity index (χ3n) is 5.26. The van der Waals surface area contributed by atoms with Crippen molar-refractivity contribution in [1.82, 2.24) is 20.2 Å². The van der Waals surface area contributed by atoms with Crippen LogP contribution in [0.15, 0.2) is 6.33 Å². The van der Waals surface area contributed by atoms with Gasteiger partial charge in [-0.1, -0.05) is 0 Å². The molecule has 6 nitrogen and oxygen atoms in total. The van der Waals surface area contributed by atoms with E-state index >= 15 is 0 Å². The highest BCUT2D eigenvalue weighted by Crippen LogP contribution is 2.63. The van der Waals surface area contributed by atoms with Gasteiger partial charge in [0.1, 0.15) is 0 Å². The van der Waals surface area contributed by atoms with Gasteiger partial charge in [0.15, 0.2) is 6.33 Å². The Labute approximate surface area is 104 Å². The molecule has 0 spiro atoms. The Kier molecular flexibility index (Phi) is 1.80. The number of nitrogens with zero attached hydrogens (tertiary/aromatic N) is 4. The van der Waals surface area contributed by atoms with Gasteiger partial charge in [-0.2, -0.15) is 4.80 Å². The molecule has 0 aromatic carbocycles. The summed E-state index contributed by atoms with van der Waals surface area (Å²) in [6, 6.07) is 0. The molecule has 4 fully saturated rings. The van der Waals surface area contributed by atoms with E-state index in [0.29, 0.717) is 18.3 Å². The van der Waals surface area contributed by atoms with E-state index in [1.165, 1.54) is 12.7 Å². The highest BCUT2D eigenvalue weighted by molar-refractivity contribution is 5.75. The summed E-state index contributed by atoms with van der Waals surface area (Å²) >= 11 is 0. The van der Waals surface area contributed by atoms with Crippen molar-refractivity contribution in [3.05, 3.63) is 6.33 Å². The van der Waals surface area contributed by atoms with E-state index in [0.717, 1.165) is 25.7 Å². The molecule has 1 heterocycles. The zero-order valence-corrected chi connectivity index (χ0v) is 10.1. The molecular weight excluding hydrogens is 232 g/mol. The van der Waals surface area contributed by atoms with Crippen molar-refractivity contribution < 1.29 is 9.90 Å². The number of tetrazole rings is 1. The average molecular weight is 248 g/mol. The van der Waals surface area contributed by atoms with Crippen LogP contribution in [0.25, 0.3) is 0 Å². The van der Waals surface area contributed by atoms with Gasteiger partial charge in [0, 0.05) is 0 Å². The smallest absolute Gasteiger partial charge is 0.309 e. The minimum atomic E-state index is -0.624. The first-order valence-corrected chi connectivity index (χ1v) is 6.59. The molecule has 18 heavy (non-hydrogen) atoms. The van der Waals surface area contributed by atoms with E-state index in [-0.39, 0.29) is 5.54 Å². The summed E-state index contributed by atoms with van der Waals surface area (Å²) in [7, 11) is 0. The van der Waals surface area contributed by atoms with Crippen molar-refractivity contribution in [2.24, 2.45) is 17.3 Å². The first-order chi connectivity index (χ1) is 8.62. The third-order valence-corrected chi connectivity index (χ3v) is 5.26. The van der Waals surface area contributed by atoms with Crippen molar-refractivity contribution in [2.45, 2.75) is 44.1 Å². The number of rotatable bonds is 2. The van der Waals surface area contributed by atoms with Gasteiger partial charge in [0.05, 0.1) is 11.0 Å². The molecule has 0 radical (unpaired) electrons. The standard InChI is InChI=1S/C12H16N4O2/c17-10(18)11-2-8-1-9(3-11)5-12(4-8,6-11)16-14-7-13-15-16/h7-9H,1-6H2,(H,17,18)/t8-,9+,11?,12?. The lowest BCUT2D eigenvalue weighted by molar-refractivity contribution is -0.174. The highest BCUT2D eigenvalue weighted by atomic mass is 16.4. The second-order valence-corrected chi connectivity index (χ2v) is 6.50. The Bertz CT molecular complexity index is 484. The minimum Gasteiger partial charge on any atom is -0.481 e. The zero-order chi connectivity index (χ0) is 12.4. The van der Waals surface area contributed by atoms with Gasteiger partial charge in [-0.15, -0.1) is 10.2 Å². The molecule has 2 unspecified atom stereocenters. The van der Waals surface area contributed by atoms with Crippen LogP contribution in [-0.2, 0) is 10.3 Å². The van der Waals surface area contributed by atoms with E-state index in [1.54, 1.807) is 4.80 Å². The van der Waals surface area contributed by atoms with Gasteiger partial charge in [-0.25, -0.2) is 0 Å². The molecule has 6 heteroatoms. The van der Waals surface area contributed by atoms with Crippen molar-refractivity contribution in [3.63, 3.8) is 0 Å². The molecule has 0 amide bonds. The molecule has 1 aromatic heterocycles. The number of hydrogen-bond donors (Lipinski definition) is 1. The van der Waals surface area contributed by atoms with Gasteiger partial charge in [0.2, 0.25) is 0 Å². The lowest BCUT2D eigenvalue weighted by Gasteiger charge is -2.59. The summed E-state index contributed by atoms with van der Waals surface area (Å²) in [6.45, 7) is 0. The maximum absolute atomic E-state index is 11.7. The normalized spacial score (nSPS) is 45.3. The molecule has 4 atom stereocenters. The van der Waals surface area contributed by atoms with Gasteiger partial charge in [0.25, 0.3) is 0 Å². The molecule has 4 aliphatic rings. The molecule has 0 aliphatic heterocycles. The van der Waals surface area contributed by atoms with Gasteiger partial charge >= 0.3 is 5.97 Å². The lowest BCUT2D eigenvalue weighted by Crippen LogP contribution is -2.59. The molecule has 0 saturated heterocycles. The quantitative estimate of drug-likeness (QED) is 0.846. The van der Waals surface area contributed by atoms with Crippen molar-refractivity contribution in [2.75, 3.05) is 0 Å². The van der Waals surface area contributed by atoms with E-state index < -0.39 is 11.4 Å². The van der Waals surface area contributed by atoms with E-state index in [2.05, 4.69) is 15.4 Å². The van der Waals surface area contributed by atoms with Crippen LogP contribution in [0.3, 0.4) is 0 Å². The Balaban J connectivity index is 1.81. The zero-order valence-electron chi connectivity index (χ0n) is 10.1. The molecule has 1 N–H and O–H groups in total. The summed E-state index contributed by atoms with van der Waals surface area (Å²) in [5, 5.41) is 21.7. The number of aliphatic carboxylic acids is 1. The van der Waals surface area contributed by atoms with Crippen molar-refractivity contribution in [3.8, 4) is 0 Å². The molecule has 4 saturated carbocycles. The number of hydrogen-bond acceptors (Lipinski definition) is 4. The van der Waals surface area contributed by atoms with Crippen LogP contribution >= 0.6 is 0 Å². The second-order valence-electron chi connectivity index (χ2n) is 6.50. The molecule has 5 rings (SSSR count). The van der Waals surface area contributed by atoms with Crippen LogP contribution < -0.4 is 0 Å². The summed E-state index contributed by atoms with van der Waals surface area (Å²) in [5.74, 6) is 0.419. The Morgan fingerprint density at radius 2 is 2.00 bits per heavy atom. The first kappa shape index (κ1) is 10.5. The van der Waals surface area contributed by atoms with Crippen LogP contribution in [-0.4, -0.2) is 31.3 Å². The molecule has 1 aromatic rings. The van der Waals surface area contributed by atoms with Crippen molar-refractivity contribution in [1.29, 1.82) is 0 Å². The fraction of sp³-hybridized carbons (Fsp3) is 0.833. The molecule has 96 valence electrons. The van der Waals surface area contributed by atoms with Crippen LogP contribution in [0.1, 0.15) is 38.5 Å². The number of carbonyl (C=O) groups is 1. The number of aromatic nitrogens is 4. The van der Waals surface area contributed by atoms with Crippen LogP contribution in [0.5, 0.6) is 0 Å². The highest BCUT2D eigenvalue weighted by Gasteiger charge is 2.62. The predicted octanol–water partition coefficient (Wildman–Crippen LogP) is 1.05. The molecule has 4 bridgehead atoms. The Morgan fingerprint density at radius 1 is 1.28 bits per heavy atom. The fourth-order valence-corrected chi connectivity index (χ4v) is 5.08. The predicted molar refractivity (Wildman–Crippen MR) is 60.5 cm³/mol. The largest absolute Gasteiger partial charge is 0.481 e. The van der Waals surface area contributed by atoms with Crippen LogP contribution in [0.4, 0.5) is 0 Å². The van der Waals surface area contributed by atoms with E-state index in [4.69, 9.17) is 0 Å². The topological polar surface area (TPSA) is 80.9 Å². The summed E-state index contributed by atoms with van der Waals surface area (Å²) in [6.07, 6.45) is 7.05. The first-order valence-electron chi connectivity index (χ1n) is 6.59. The maximum atomic E-state index is 11.7. The third kappa shape index (κ3) is 1.18. The fourth-order valence-electron chi connectivity index (χ4n) is 5.08. The van der Waals surface area contributed by atoms with Crippen molar-refractivity contribution >= 4 is 5.97 Å². The maximum Gasteiger partial charge on any atom is 0.309 e. The monoisotopic (exact) mass is 248 g/mol. The van der Waals surface area contributed by atoms with Gasteiger partial charge in [-0.3, -0.25) is 4.79 Å². The second kappa shape index (κ2) is 3.10. The molecule has 4 aliphatic carbocycles. The number of carboxylic acids is 1. The average Bonchev–Trinajstić information content (AvgIpc) is 2.80. The molecular formula is C12H16N4O2. The summed E-state index contributed by atoms with van der Waals surface area (Å²) < 4.78 is 0. The lowest BCUT2D eigenvalue weighted by atomic mass is 9.47. The van der Waals surface area contributed by atoms with Crippen LogP contribution in [0, 0.1) is 17.3 Å². The summed E-state index contributed by atoms with van der Waals surface area (Å²) in [4.78, 5) is 13.4. The number of carboxylic acid groups (broad SMARTS) is 1. The summed E-state index contributed by atoms with van der Waals surface area (Å²) in [5.41, 5.74) is -0.712. The van der Waals surface area contributed by atoms with E-state index in [9.17, 15) is 9.90 Å². The van der Waals surface area contributed by atoms with Crippen LogP contribution in [0.2, 0.25) is 0 Å². The SMILES string of the molecule is O=C(O)C12C[C@H]3C[C@@H](C1)CC(n1ncnn1)(C3)C2. The van der Waals surface area contributed by atoms with Gasteiger partial charge < -0.3 is 5.11 Å². The Hall–Kier alpha value is -1.46.